The molecule has 0 fully saturated rings. The summed E-state index contributed by atoms with van der Waals surface area (Å²) >= 11 is 0. The van der Waals surface area contributed by atoms with Crippen LogP contribution in [0.15, 0.2) is 22.8 Å². The van der Waals surface area contributed by atoms with Gasteiger partial charge in [-0.3, -0.25) is 4.79 Å². The second kappa shape index (κ2) is 11.5. The summed E-state index contributed by atoms with van der Waals surface area (Å²) in [6.45, 7) is 14.8. The van der Waals surface area contributed by atoms with E-state index in [0.717, 1.165) is 37.7 Å². The third-order valence-electron chi connectivity index (χ3n) is 4.33. The van der Waals surface area contributed by atoms with Crippen molar-refractivity contribution in [3.8, 4) is 0 Å². The van der Waals surface area contributed by atoms with Crippen molar-refractivity contribution >= 4 is 5.97 Å². The lowest BCUT2D eigenvalue weighted by Gasteiger charge is -2.17. The fourth-order valence-electron chi connectivity index (χ4n) is 2.27. The van der Waals surface area contributed by atoms with Crippen molar-refractivity contribution in [2.24, 2.45) is 11.3 Å². The molecule has 24 heavy (non-hydrogen) atoms. The van der Waals surface area contributed by atoms with Gasteiger partial charge in [0.05, 0.1) is 18.6 Å². The van der Waals surface area contributed by atoms with Gasteiger partial charge in [-0.1, -0.05) is 24.1 Å². The number of aliphatic hydroxyl groups is 1. The van der Waals surface area contributed by atoms with Crippen molar-refractivity contribution in [3.05, 3.63) is 22.8 Å². The van der Waals surface area contributed by atoms with Gasteiger partial charge in [-0.25, -0.2) is 0 Å². The molecule has 3 heteroatoms. The van der Waals surface area contributed by atoms with Gasteiger partial charge < -0.3 is 9.84 Å². The lowest BCUT2D eigenvalue weighted by atomic mass is 9.97. The van der Waals surface area contributed by atoms with Gasteiger partial charge >= 0.3 is 5.97 Å². The molecular formula is C21H38O3. The van der Waals surface area contributed by atoms with Crippen molar-refractivity contribution in [3.63, 3.8) is 0 Å². The van der Waals surface area contributed by atoms with Crippen LogP contribution >= 0.6 is 0 Å². The highest BCUT2D eigenvalue weighted by Gasteiger charge is 2.22. The van der Waals surface area contributed by atoms with Crippen LogP contribution in [0.25, 0.3) is 0 Å². The number of hydrogen-bond acceptors (Lipinski definition) is 3. The molecule has 1 atom stereocenters. The quantitative estimate of drug-likeness (QED) is 0.426. The SMILES string of the molecule is CC(C)=C(CO)CC/C(C)=C/CC[C@H](C)CCOC(=O)C(C)(C)C. The molecule has 0 aromatic heterocycles. The van der Waals surface area contributed by atoms with Gasteiger partial charge in [0.25, 0.3) is 0 Å². The van der Waals surface area contributed by atoms with Crippen LogP contribution in [0.1, 0.15) is 80.6 Å². The molecule has 0 unspecified atom stereocenters. The Morgan fingerprint density at radius 1 is 1.12 bits per heavy atom. The van der Waals surface area contributed by atoms with Gasteiger partial charge in [0.2, 0.25) is 0 Å². The van der Waals surface area contributed by atoms with Gasteiger partial charge in [-0.15, -0.1) is 0 Å². The lowest BCUT2D eigenvalue weighted by Crippen LogP contribution is -2.23. The van der Waals surface area contributed by atoms with E-state index in [4.69, 9.17) is 4.74 Å². The Balaban J connectivity index is 4.00. The first-order valence-corrected chi connectivity index (χ1v) is 9.16. The molecule has 140 valence electrons. The number of rotatable bonds is 10. The molecule has 0 aliphatic heterocycles. The molecule has 0 aromatic carbocycles. The van der Waals surface area contributed by atoms with Crippen LogP contribution < -0.4 is 0 Å². The summed E-state index contributed by atoms with van der Waals surface area (Å²) in [6, 6.07) is 0. The van der Waals surface area contributed by atoms with Gasteiger partial charge in [0.15, 0.2) is 0 Å². The number of ether oxygens (including phenoxy) is 1. The van der Waals surface area contributed by atoms with Crippen molar-refractivity contribution in [2.45, 2.75) is 80.6 Å². The molecule has 0 aromatic rings. The number of carbonyl (C=O) groups is 1. The Morgan fingerprint density at radius 3 is 2.25 bits per heavy atom. The van der Waals surface area contributed by atoms with Crippen LogP contribution in [-0.2, 0) is 9.53 Å². The molecule has 3 nitrogen and oxygen atoms in total. The van der Waals surface area contributed by atoms with Crippen LogP contribution in [0.5, 0.6) is 0 Å². The van der Waals surface area contributed by atoms with Gasteiger partial charge in [-0.05, 0) is 85.1 Å². The summed E-state index contributed by atoms with van der Waals surface area (Å²) in [7, 11) is 0. The molecular weight excluding hydrogens is 300 g/mol. The molecule has 0 radical (unpaired) electrons. The maximum atomic E-state index is 11.7. The van der Waals surface area contributed by atoms with Crippen molar-refractivity contribution < 1.29 is 14.6 Å². The van der Waals surface area contributed by atoms with Crippen LogP contribution in [-0.4, -0.2) is 24.3 Å². The Hall–Kier alpha value is -1.09. The molecule has 0 heterocycles. The second-order valence-electron chi connectivity index (χ2n) is 8.17. The Morgan fingerprint density at radius 2 is 1.75 bits per heavy atom. The minimum Gasteiger partial charge on any atom is -0.465 e. The fraction of sp³-hybridized carbons (Fsp3) is 0.762. The highest BCUT2D eigenvalue weighted by molar-refractivity contribution is 5.75. The van der Waals surface area contributed by atoms with E-state index in [-0.39, 0.29) is 12.6 Å². The summed E-state index contributed by atoms with van der Waals surface area (Å²) in [6.07, 6.45) is 7.35. The molecule has 0 bridgehead atoms. The van der Waals surface area contributed by atoms with Crippen LogP contribution in [0.3, 0.4) is 0 Å². The van der Waals surface area contributed by atoms with E-state index in [2.05, 4.69) is 33.8 Å². The van der Waals surface area contributed by atoms with E-state index < -0.39 is 5.41 Å². The number of allylic oxidation sites excluding steroid dienone is 3. The maximum Gasteiger partial charge on any atom is 0.311 e. The zero-order chi connectivity index (χ0) is 18.8. The zero-order valence-electron chi connectivity index (χ0n) is 16.9. The molecule has 0 saturated heterocycles. The molecule has 0 aliphatic rings. The Labute approximate surface area is 149 Å². The van der Waals surface area contributed by atoms with E-state index in [9.17, 15) is 9.90 Å². The van der Waals surface area contributed by atoms with E-state index in [0.29, 0.717) is 12.5 Å². The third kappa shape index (κ3) is 10.6. The first kappa shape index (κ1) is 22.9. The molecule has 0 aliphatic carbocycles. The molecule has 0 spiro atoms. The topological polar surface area (TPSA) is 46.5 Å². The summed E-state index contributed by atoms with van der Waals surface area (Å²) in [4.78, 5) is 11.7. The lowest BCUT2D eigenvalue weighted by molar-refractivity contribution is -0.153. The normalized spacial score (nSPS) is 13.6. The predicted molar refractivity (Wildman–Crippen MR) is 102 cm³/mol. The van der Waals surface area contributed by atoms with E-state index >= 15 is 0 Å². The number of carbonyl (C=O) groups excluding carboxylic acids is 1. The minimum absolute atomic E-state index is 0.121. The standard InChI is InChI=1S/C21H38O3/c1-16(2)19(15-22)12-11-17(3)9-8-10-18(4)13-14-24-20(23)21(5,6)7/h9,18,22H,8,10-15H2,1-7H3/b17-9+/t18-/m0/s1. The van der Waals surface area contributed by atoms with Gasteiger partial charge in [0, 0.05) is 0 Å². The smallest absolute Gasteiger partial charge is 0.311 e. The number of esters is 1. The monoisotopic (exact) mass is 338 g/mol. The first-order chi connectivity index (χ1) is 11.1. The molecule has 0 rings (SSSR count). The van der Waals surface area contributed by atoms with Gasteiger partial charge in [-0.2, -0.15) is 0 Å². The predicted octanol–water partition coefficient (Wildman–Crippen LogP) is 5.44. The number of aliphatic hydroxyl groups excluding tert-OH is 1. The summed E-state index contributed by atoms with van der Waals surface area (Å²) in [5, 5.41) is 9.32. The maximum absolute atomic E-state index is 11.7. The van der Waals surface area contributed by atoms with Crippen molar-refractivity contribution in [2.75, 3.05) is 13.2 Å². The Kier molecular flexibility index (Phi) is 10.9. The zero-order valence-corrected chi connectivity index (χ0v) is 16.9. The largest absolute Gasteiger partial charge is 0.465 e. The first-order valence-electron chi connectivity index (χ1n) is 9.16. The van der Waals surface area contributed by atoms with Crippen LogP contribution in [0.4, 0.5) is 0 Å². The average Bonchev–Trinajstić information content (AvgIpc) is 2.46. The highest BCUT2D eigenvalue weighted by Crippen LogP contribution is 2.18. The molecule has 0 amide bonds. The second-order valence-corrected chi connectivity index (χ2v) is 8.17. The minimum atomic E-state index is -0.415. The molecule has 0 saturated carbocycles. The number of hydrogen-bond donors (Lipinski definition) is 1. The van der Waals surface area contributed by atoms with Crippen LogP contribution in [0, 0.1) is 11.3 Å². The third-order valence-corrected chi connectivity index (χ3v) is 4.33. The summed E-state index contributed by atoms with van der Waals surface area (Å²) in [5.74, 6) is 0.428. The van der Waals surface area contributed by atoms with E-state index in [1.165, 1.54) is 11.1 Å². The van der Waals surface area contributed by atoms with E-state index in [1.807, 2.05) is 20.8 Å². The van der Waals surface area contributed by atoms with Crippen molar-refractivity contribution in [1.82, 2.24) is 0 Å². The van der Waals surface area contributed by atoms with Gasteiger partial charge in [0.1, 0.15) is 0 Å². The van der Waals surface area contributed by atoms with E-state index in [1.54, 1.807) is 0 Å². The summed E-state index contributed by atoms with van der Waals surface area (Å²) < 4.78 is 5.32. The average molecular weight is 339 g/mol. The van der Waals surface area contributed by atoms with Crippen molar-refractivity contribution in [1.29, 1.82) is 0 Å². The highest BCUT2D eigenvalue weighted by atomic mass is 16.5. The summed E-state index contributed by atoms with van der Waals surface area (Å²) in [5.41, 5.74) is 3.34. The fourth-order valence-corrected chi connectivity index (χ4v) is 2.27. The Bertz CT molecular complexity index is 434. The molecule has 1 N–H and O–H groups in total. The van der Waals surface area contributed by atoms with Crippen LogP contribution in [0.2, 0.25) is 0 Å².